The average molecular weight is 219 g/mol. The summed E-state index contributed by atoms with van der Waals surface area (Å²) in [6.45, 7) is 3.51. The zero-order valence-electron chi connectivity index (χ0n) is 8.45. The van der Waals surface area contributed by atoms with E-state index >= 15 is 0 Å². The molecule has 2 unspecified atom stereocenters. The highest BCUT2D eigenvalue weighted by Gasteiger charge is 2.39. The molecule has 0 saturated carbocycles. The molecular weight excluding hydrogens is 202 g/mol. The molecule has 0 aromatic heterocycles. The summed E-state index contributed by atoms with van der Waals surface area (Å²) in [5.74, 6) is 0.598. The summed E-state index contributed by atoms with van der Waals surface area (Å²) in [6.07, 6.45) is 1.72. The van der Waals surface area contributed by atoms with Gasteiger partial charge in [-0.05, 0) is 19.8 Å². The fraction of sp³-hybridized carbons (Fsp3) is 1.00. The molecular formula is C9H17NO3S. The Morgan fingerprint density at radius 1 is 1.50 bits per heavy atom. The molecule has 2 fully saturated rings. The van der Waals surface area contributed by atoms with E-state index in [9.17, 15) is 8.42 Å². The second kappa shape index (κ2) is 3.47. The van der Waals surface area contributed by atoms with Crippen LogP contribution in [0.2, 0.25) is 0 Å². The number of hydrogen-bond donors (Lipinski definition) is 1. The molecule has 0 amide bonds. The third-order valence-electron chi connectivity index (χ3n) is 2.99. The summed E-state index contributed by atoms with van der Waals surface area (Å²) in [5.41, 5.74) is -0.225. The highest BCUT2D eigenvalue weighted by molar-refractivity contribution is 7.91. The van der Waals surface area contributed by atoms with Gasteiger partial charge in [-0.1, -0.05) is 0 Å². The predicted molar refractivity (Wildman–Crippen MR) is 54.0 cm³/mol. The molecule has 2 saturated heterocycles. The van der Waals surface area contributed by atoms with Gasteiger partial charge in [0.1, 0.15) is 0 Å². The van der Waals surface area contributed by atoms with E-state index in [1.807, 2.05) is 6.92 Å². The van der Waals surface area contributed by atoms with Crippen molar-refractivity contribution < 1.29 is 13.2 Å². The number of sulfone groups is 1. The van der Waals surface area contributed by atoms with E-state index in [0.717, 1.165) is 26.1 Å². The second-order valence-corrected chi connectivity index (χ2v) is 6.79. The minimum absolute atomic E-state index is 0.225. The molecule has 0 aromatic rings. The lowest BCUT2D eigenvalue weighted by Crippen LogP contribution is -2.49. The van der Waals surface area contributed by atoms with Crippen LogP contribution in [-0.2, 0) is 14.6 Å². The van der Waals surface area contributed by atoms with E-state index in [1.54, 1.807) is 0 Å². The monoisotopic (exact) mass is 219 g/mol. The van der Waals surface area contributed by atoms with Crippen molar-refractivity contribution in [2.75, 3.05) is 24.7 Å². The van der Waals surface area contributed by atoms with Gasteiger partial charge < -0.3 is 10.1 Å². The highest BCUT2D eigenvalue weighted by Crippen LogP contribution is 2.24. The molecule has 4 nitrogen and oxygen atoms in total. The highest BCUT2D eigenvalue weighted by atomic mass is 32.2. The largest absolute Gasteiger partial charge is 0.380 e. The van der Waals surface area contributed by atoms with Gasteiger partial charge in [0.05, 0.1) is 18.1 Å². The molecule has 1 N–H and O–H groups in total. The van der Waals surface area contributed by atoms with Crippen LogP contribution in [-0.4, -0.2) is 44.7 Å². The van der Waals surface area contributed by atoms with Crippen molar-refractivity contribution in [3.63, 3.8) is 0 Å². The molecule has 0 bridgehead atoms. The summed E-state index contributed by atoms with van der Waals surface area (Å²) >= 11 is 0. The van der Waals surface area contributed by atoms with Crippen LogP contribution in [0.3, 0.4) is 0 Å². The number of ether oxygens (including phenoxy) is 1. The third kappa shape index (κ3) is 2.27. The number of hydrogen-bond acceptors (Lipinski definition) is 4. The Labute approximate surface area is 84.9 Å². The van der Waals surface area contributed by atoms with Crippen LogP contribution in [0.25, 0.3) is 0 Å². The maximum atomic E-state index is 11.3. The summed E-state index contributed by atoms with van der Waals surface area (Å²) < 4.78 is 27.9. The molecule has 82 valence electrons. The standard InChI is InChI=1S/C9H17NO3S/c1-9(3-5-14(11,12)7-9)10-8-2-4-13-6-8/h8,10H,2-7H2,1H3. The lowest BCUT2D eigenvalue weighted by Gasteiger charge is -2.27. The number of rotatable bonds is 2. The van der Waals surface area contributed by atoms with Crippen LogP contribution in [0.5, 0.6) is 0 Å². The first-order valence-corrected chi connectivity index (χ1v) is 6.87. The van der Waals surface area contributed by atoms with E-state index in [1.165, 1.54) is 0 Å². The van der Waals surface area contributed by atoms with Crippen LogP contribution in [0.15, 0.2) is 0 Å². The molecule has 2 aliphatic rings. The Hall–Kier alpha value is -0.130. The molecule has 0 spiro atoms. The SMILES string of the molecule is CC1(NC2CCOC2)CCS(=O)(=O)C1. The van der Waals surface area contributed by atoms with Crippen LogP contribution < -0.4 is 5.32 Å². The first kappa shape index (κ1) is 10.4. The van der Waals surface area contributed by atoms with E-state index in [2.05, 4.69) is 5.32 Å². The van der Waals surface area contributed by atoms with Crippen molar-refractivity contribution in [3.05, 3.63) is 0 Å². The second-order valence-electron chi connectivity index (χ2n) is 4.61. The lowest BCUT2D eigenvalue weighted by molar-refractivity contribution is 0.184. The fourth-order valence-electron chi connectivity index (χ4n) is 2.27. The van der Waals surface area contributed by atoms with Gasteiger partial charge in [0.2, 0.25) is 0 Å². The molecule has 0 aromatic carbocycles. The van der Waals surface area contributed by atoms with E-state index < -0.39 is 9.84 Å². The van der Waals surface area contributed by atoms with Gasteiger partial charge in [-0.3, -0.25) is 0 Å². The van der Waals surface area contributed by atoms with E-state index in [0.29, 0.717) is 11.8 Å². The van der Waals surface area contributed by atoms with Crippen LogP contribution in [0, 0.1) is 0 Å². The Bertz CT molecular complexity index is 308. The molecule has 2 heterocycles. The van der Waals surface area contributed by atoms with Gasteiger partial charge in [-0.25, -0.2) is 8.42 Å². The quantitative estimate of drug-likeness (QED) is 0.707. The minimum Gasteiger partial charge on any atom is -0.380 e. The van der Waals surface area contributed by atoms with Crippen molar-refractivity contribution >= 4 is 9.84 Å². The first-order valence-electron chi connectivity index (χ1n) is 5.05. The number of nitrogens with one attached hydrogen (secondary N) is 1. The summed E-state index contributed by atoms with van der Waals surface area (Å²) in [6, 6.07) is 0.341. The third-order valence-corrected chi connectivity index (χ3v) is 4.89. The normalized spacial score (nSPS) is 41.6. The molecule has 2 rings (SSSR count). The molecule has 2 atom stereocenters. The lowest BCUT2D eigenvalue weighted by atomic mass is 10.0. The van der Waals surface area contributed by atoms with Crippen molar-refractivity contribution in [2.24, 2.45) is 0 Å². The van der Waals surface area contributed by atoms with Crippen molar-refractivity contribution in [1.82, 2.24) is 5.32 Å². The van der Waals surface area contributed by atoms with Crippen molar-refractivity contribution in [2.45, 2.75) is 31.3 Å². The summed E-state index contributed by atoms with van der Waals surface area (Å²) in [4.78, 5) is 0. The predicted octanol–water partition coefficient (Wildman–Crippen LogP) is -0.0579. The summed E-state index contributed by atoms with van der Waals surface area (Å²) in [7, 11) is -2.80. The summed E-state index contributed by atoms with van der Waals surface area (Å²) in [5, 5.41) is 3.41. The van der Waals surface area contributed by atoms with Crippen molar-refractivity contribution in [1.29, 1.82) is 0 Å². The van der Waals surface area contributed by atoms with Gasteiger partial charge in [0, 0.05) is 18.2 Å². The minimum atomic E-state index is -2.80. The van der Waals surface area contributed by atoms with Gasteiger partial charge in [-0.2, -0.15) is 0 Å². The Morgan fingerprint density at radius 3 is 2.79 bits per heavy atom. The molecule has 2 aliphatic heterocycles. The van der Waals surface area contributed by atoms with Crippen molar-refractivity contribution in [3.8, 4) is 0 Å². The molecule has 0 aliphatic carbocycles. The van der Waals surface area contributed by atoms with E-state index in [4.69, 9.17) is 4.74 Å². The molecule has 5 heteroatoms. The zero-order chi connectivity index (χ0) is 10.2. The van der Waals surface area contributed by atoms with Crippen LogP contribution in [0.4, 0.5) is 0 Å². The average Bonchev–Trinajstić information content (AvgIpc) is 2.60. The first-order chi connectivity index (χ1) is 6.49. The fourth-order valence-corrected chi connectivity index (χ4v) is 4.37. The van der Waals surface area contributed by atoms with Gasteiger partial charge in [-0.15, -0.1) is 0 Å². The van der Waals surface area contributed by atoms with Gasteiger partial charge >= 0.3 is 0 Å². The smallest absolute Gasteiger partial charge is 0.152 e. The maximum absolute atomic E-state index is 11.3. The van der Waals surface area contributed by atoms with Gasteiger partial charge in [0.25, 0.3) is 0 Å². The van der Waals surface area contributed by atoms with Gasteiger partial charge in [0.15, 0.2) is 9.84 Å². The molecule has 14 heavy (non-hydrogen) atoms. The Balaban J connectivity index is 1.96. The van der Waals surface area contributed by atoms with E-state index in [-0.39, 0.29) is 11.3 Å². The Kier molecular flexibility index (Phi) is 2.57. The van der Waals surface area contributed by atoms with Crippen LogP contribution >= 0.6 is 0 Å². The topological polar surface area (TPSA) is 55.4 Å². The Morgan fingerprint density at radius 2 is 2.29 bits per heavy atom. The zero-order valence-corrected chi connectivity index (χ0v) is 9.27. The molecule has 0 radical (unpaired) electrons. The van der Waals surface area contributed by atoms with Crippen LogP contribution in [0.1, 0.15) is 19.8 Å². The maximum Gasteiger partial charge on any atom is 0.152 e.